The number of rotatable bonds is 2. The number of hydrogen-bond acceptors (Lipinski definition) is 2. The molecule has 0 aliphatic carbocycles. The first kappa shape index (κ1) is 7.68. The predicted octanol–water partition coefficient (Wildman–Crippen LogP) is 1.89. The number of nitrogens with zero attached hydrogens (tertiary/aromatic N) is 2. The van der Waals surface area contributed by atoms with Crippen molar-refractivity contribution in [3.63, 3.8) is 0 Å². The SMILES string of the molecule is C=CCn1c(Br)n[nH]c1=S. The van der Waals surface area contributed by atoms with E-state index in [2.05, 4.69) is 32.7 Å². The fraction of sp³-hybridized carbons (Fsp3) is 0.200. The Kier molecular flexibility index (Phi) is 2.39. The molecule has 0 saturated carbocycles. The molecule has 0 aromatic carbocycles. The molecule has 3 nitrogen and oxygen atoms in total. The maximum absolute atomic E-state index is 4.91. The average molecular weight is 220 g/mol. The maximum atomic E-state index is 4.91. The van der Waals surface area contributed by atoms with Gasteiger partial charge >= 0.3 is 0 Å². The summed E-state index contributed by atoms with van der Waals surface area (Å²) in [5, 5.41) is 6.49. The Bertz CT molecular complexity index is 287. The summed E-state index contributed by atoms with van der Waals surface area (Å²) in [5.41, 5.74) is 0. The third kappa shape index (κ3) is 1.35. The van der Waals surface area contributed by atoms with Crippen molar-refractivity contribution in [2.45, 2.75) is 6.54 Å². The quantitative estimate of drug-likeness (QED) is 0.609. The smallest absolute Gasteiger partial charge is 0.198 e. The van der Waals surface area contributed by atoms with Crippen LogP contribution in [0, 0.1) is 4.77 Å². The molecule has 0 fully saturated rings. The minimum absolute atomic E-state index is 0.603. The van der Waals surface area contributed by atoms with Crippen molar-refractivity contribution in [3.05, 3.63) is 22.2 Å². The van der Waals surface area contributed by atoms with Crippen molar-refractivity contribution in [2.24, 2.45) is 0 Å². The highest BCUT2D eigenvalue weighted by atomic mass is 79.9. The van der Waals surface area contributed by atoms with E-state index < -0.39 is 0 Å². The molecule has 1 aromatic rings. The molecule has 0 unspecified atom stereocenters. The van der Waals surface area contributed by atoms with Gasteiger partial charge in [-0.15, -0.1) is 11.7 Å². The highest BCUT2D eigenvalue weighted by Crippen LogP contribution is 2.05. The second kappa shape index (κ2) is 3.12. The molecule has 5 heteroatoms. The van der Waals surface area contributed by atoms with Crippen LogP contribution in [0.15, 0.2) is 17.4 Å². The van der Waals surface area contributed by atoms with Gasteiger partial charge in [0.1, 0.15) is 0 Å². The van der Waals surface area contributed by atoms with Gasteiger partial charge in [0.15, 0.2) is 9.50 Å². The molecular formula is C5H6BrN3S. The van der Waals surface area contributed by atoms with Gasteiger partial charge < -0.3 is 0 Å². The summed E-state index contributed by atoms with van der Waals surface area (Å²) in [6.07, 6.45) is 1.76. The van der Waals surface area contributed by atoms with Crippen LogP contribution in [-0.4, -0.2) is 14.8 Å². The second-order valence-electron chi connectivity index (χ2n) is 1.70. The Morgan fingerprint density at radius 1 is 1.90 bits per heavy atom. The van der Waals surface area contributed by atoms with E-state index in [9.17, 15) is 0 Å². The Morgan fingerprint density at radius 2 is 2.60 bits per heavy atom. The first-order chi connectivity index (χ1) is 4.75. The van der Waals surface area contributed by atoms with E-state index in [1.807, 2.05) is 0 Å². The molecule has 1 aromatic heterocycles. The van der Waals surface area contributed by atoms with Crippen LogP contribution in [0.3, 0.4) is 0 Å². The summed E-state index contributed by atoms with van der Waals surface area (Å²) < 4.78 is 3.10. The van der Waals surface area contributed by atoms with Gasteiger partial charge in [-0.05, 0) is 28.1 Å². The minimum atomic E-state index is 0.603. The number of halogens is 1. The minimum Gasteiger partial charge on any atom is -0.291 e. The zero-order chi connectivity index (χ0) is 7.56. The topological polar surface area (TPSA) is 33.6 Å². The van der Waals surface area contributed by atoms with Gasteiger partial charge in [0.05, 0.1) is 0 Å². The molecule has 0 amide bonds. The van der Waals surface area contributed by atoms with E-state index in [1.165, 1.54) is 0 Å². The van der Waals surface area contributed by atoms with E-state index >= 15 is 0 Å². The molecule has 0 aliphatic heterocycles. The van der Waals surface area contributed by atoms with Crippen LogP contribution in [0.1, 0.15) is 0 Å². The fourth-order valence-electron chi connectivity index (χ4n) is 0.586. The van der Waals surface area contributed by atoms with Crippen molar-refractivity contribution < 1.29 is 0 Å². The summed E-state index contributed by atoms with van der Waals surface area (Å²) in [6.45, 7) is 4.26. The third-order valence-electron chi connectivity index (χ3n) is 1.02. The molecule has 1 rings (SSSR count). The molecule has 0 radical (unpaired) electrons. The highest BCUT2D eigenvalue weighted by Gasteiger charge is 1.97. The number of hydrogen-bond donors (Lipinski definition) is 1. The van der Waals surface area contributed by atoms with Crippen molar-refractivity contribution in [3.8, 4) is 0 Å². The molecule has 1 N–H and O–H groups in total. The van der Waals surface area contributed by atoms with Gasteiger partial charge in [-0.3, -0.25) is 9.67 Å². The van der Waals surface area contributed by atoms with E-state index in [0.717, 1.165) is 0 Å². The molecule has 0 aliphatic rings. The molecule has 0 bridgehead atoms. The van der Waals surface area contributed by atoms with Crippen molar-refractivity contribution in [1.82, 2.24) is 14.8 Å². The van der Waals surface area contributed by atoms with Gasteiger partial charge in [-0.1, -0.05) is 6.08 Å². The van der Waals surface area contributed by atoms with Crippen LogP contribution in [0.2, 0.25) is 0 Å². The van der Waals surface area contributed by atoms with Crippen LogP contribution in [0.25, 0.3) is 0 Å². The molecule has 0 atom stereocenters. The first-order valence-electron chi connectivity index (χ1n) is 2.67. The Balaban J connectivity index is 3.10. The molecule has 54 valence electrons. The lowest BCUT2D eigenvalue weighted by molar-refractivity contribution is 0.784. The van der Waals surface area contributed by atoms with Crippen LogP contribution in [0.5, 0.6) is 0 Å². The maximum Gasteiger partial charge on any atom is 0.198 e. The number of aromatic amines is 1. The molecule has 10 heavy (non-hydrogen) atoms. The zero-order valence-corrected chi connectivity index (χ0v) is 7.57. The zero-order valence-electron chi connectivity index (χ0n) is 5.17. The van der Waals surface area contributed by atoms with Crippen LogP contribution < -0.4 is 0 Å². The first-order valence-corrected chi connectivity index (χ1v) is 3.87. The molecule has 0 saturated heterocycles. The Labute approximate surface area is 71.9 Å². The van der Waals surface area contributed by atoms with Crippen molar-refractivity contribution in [1.29, 1.82) is 0 Å². The summed E-state index contributed by atoms with van der Waals surface area (Å²) >= 11 is 8.13. The summed E-state index contributed by atoms with van der Waals surface area (Å²) in [7, 11) is 0. The van der Waals surface area contributed by atoms with Gasteiger partial charge in [-0.25, -0.2) is 0 Å². The molecular weight excluding hydrogens is 214 g/mol. The molecule has 0 spiro atoms. The number of H-pyrrole nitrogens is 1. The van der Waals surface area contributed by atoms with E-state index in [4.69, 9.17) is 12.2 Å². The monoisotopic (exact) mass is 219 g/mol. The van der Waals surface area contributed by atoms with E-state index in [0.29, 0.717) is 16.0 Å². The largest absolute Gasteiger partial charge is 0.291 e. The lowest BCUT2D eigenvalue weighted by Gasteiger charge is -1.94. The second-order valence-corrected chi connectivity index (χ2v) is 2.79. The number of aromatic nitrogens is 3. The average Bonchev–Trinajstić information content (AvgIpc) is 2.20. The number of allylic oxidation sites excluding steroid dienone is 1. The standard InChI is InChI=1S/C5H6BrN3S/c1-2-3-9-4(6)7-8-5(9)10/h2H,1,3H2,(H,8,10). The van der Waals surface area contributed by atoms with Crippen LogP contribution in [0.4, 0.5) is 0 Å². The normalized spacial score (nSPS) is 9.70. The molecule has 1 heterocycles. The third-order valence-corrected chi connectivity index (χ3v) is 1.94. The summed E-state index contributed by atoms with van der Waals surface area (Å²) in [5.74, 6) is 0. The van der Waals surface area contributed by atoms with Crippen molar-refractivity contribution >= 4 is 28.1 Å². The van der Waals surface area contributed by atoms with Gasteiger partial charge in [0.25, 0.3) is 0 Å². The van der Waals surface area contributed by atoms with E-state index in [1.54, 1.807) is 10.6 Å². The number of nitrogens with one attached hydrogen (secondary N) is 1. The van der Waals surface area contributed by atoms with Crippen molar-refractivity contribution in [2.75, 3.05) is 0 Å². The van der Waals surface area contributed by atoms with Gasteiger partial charge in [0.2, 0.25) is 0 Å². The Morgan fingerprint density at radius 3 is 3.00 bits per heavy atom. The lowest BCUT2D eigenvalue weighted by atomic mass is 10.6. The van der Waals surface area contributed by atoms with Gasteiger partial charge in [0, 0.05) is 6.54 Å². The summed E-state index contributed by atoms with van der Waals surface area (Å²) in [6, 6.07) is 0. The lowest BCUT2D eigenvalue weighted by Crippen LogP contribution is -1.94. The highest BCUT2D eigenvalue weighted by molar-refractivity contribution is 9.10. The Hall–Kier alpha value is -0.420. The summed E-state index contributed by atoms with van der Waals surface area (Å²) in [4.78, 5) is 0. The van der Waals surface area contributed by atoms with E-state index in [-0.39, 0.29) is 0 Å². The van der Waals surface area contributed by atoms with Crippen LogP contribution >= 0.6 is 28.1 Å². The van der Waals surface area contributed by atoms with Gasteiger partial charge in [-0.2, -0.15) is 0 Å². The van der Waals surface area contributed by atoms with Crippen LogP contribution in [-0.2, 0) is 6.54 Å². The fourth-order valence-corrected chi connectivity index (χ4v) is 1.32. The predicted molar refractivity (Wildman–Crippen MR) is 45.3 cm³/mol.